The maximum atomic E-state index is 11.6. The van der Waals surface area contributed by atoms with Gasteiger partial charge in [0.05, 0.1) is 19.1 Å². The summed E-state index contributed by atoms with van der Waals surface area (Å²) < 4.78 is 12.8. The van der Waals surface area contributed by atoms with E-state index in [0.29, 0.717) is 13.0 Å². The van der Waals surface area contributed by atoms with Crippen molar-refractivity contribution in [3.63, 3.8) is 0 Å². The second kappa shape index (κ2) is 10.0. The van der Waals surface area contributed by atoms with E-state index in [1.807, 2.05) is 12.1 Å². The minimum absolute atomic E-state index is 0.0888. The number of nitrogens with zero attached hydrogens (tertiary/aromatic N) is 2. The summed E-state index contributed by atoms with van der Waals surface area (Å²) in [6.45, 7) is 6.03. The molecular weight excluding hydrogens is 434 g/mol. The van der Waals surface area contributed by atoms with Crippen molar-refractivity contribution in [1.29, 1.82) is 0 Å². The highest BCUT2D eigenvalue weighted by molar-refractivity contribution is 7.17. The zero-order chi connectivity index (χ0) is 22.6. The molecule has 3 aromatic rings. The van der Waals surface area contributed by atoms with E-state index in [0.717, 1.165) is 69.2 Å². The largest absolute Gasteiger partial charge is 0.495 e. The zero-order valence-corrected chi connectivity index (χ0v) is 20.0. The van der Waals surface area contributed by atoms with Crippen LogP contribution in [0.4, 0.5) is 11.4 Å². The van der Waals surface area contributed by atoms with Crippen molar-refractivity contribution in [1.82, 2.24) is 4.90 Å². The summed E-state index contributed by atoms with van der Waals surface area (Å²) in [4.78, 5) is 16.6. The second-order valence-electron chi connectivity index (χ2n) is 8.71. The Labute approximate surface area is 199 Å². The first-order valence-corrected chi connectivity index (χ1v) is 12.7. The Hall–Kier alpha value is -2.77. The third kappa shape index (κ3) is 4.94. The SMILES string of the molecule is COc1csc2cccc(N3CCN(CCCCOc4ccc5c(c4)NC(=O)CC5)CC3)c12. The van der Waals surface area contributed by atoms with Crippen molar-refractivity contribution in [3.8, 4) is 11.5 Å². The third-order valence-corrected chi connectivity index (χ3v) is 7.52. The predicted octanol–water partition coefficient (Wildman–Crippen LogP) is 4.78. The molecule has 0 unspecified atom stereocenters. The lowest BCUT2D eigenvalue weighted by molar-refractivity contribution is -0.116. The number of methoxy groups -OCH3 is 1. The molecule has 7 heteroatoms. The molecule has 1 amide bonds. The summed E-state index contributed by atoms with van der Waals surface area (Å²) in [7, 11) is 1.75. The van der Waals surface area contributed by atoms with Crippen LogP contribution < -0.4 is 19.7 Å². The van der Waals surface area contributed by atoms with Crippen molar-refractivity contribution in [2.24, 2.45) is 0 Å². The first-order chi connectivity index (χ1) is 16.2. The van der Waals surface area contributed by atoms with Crippen molar-refractivity contribution < 1.29 is 14.3 Å². The molecule has 0 atom stereocenters. The Morgan fingerprint density at radius 2 is 1.94 bits per heavy atom. The van der Waals surface area contributed by atoms with E-state index in [2.05, 4.69) is 44.8 Å². The van der Waals surface area contributed by atoms with Crippen LogP contribution in [0.1, 0.15) is 24.8 Å². The number of unbranched alkanes of at least 4 members (excludes halogenated alkanes) is 1. The van der Waals surface area contributed by atoms with Gasteiger partial charge in [-0.2, -0.15) is 0 Å². The van der Waals surface area contributed by atoms with E-state index in [1.165, 1.54) is 21.3 Å². The number of carbonyl (C=O) groups excluding carboxylic acids is 1. The second-order valence-corrected chi connectivity index (χ2v) is 9.62. The van der Waals surface area contributed by atoms with Crippen LogP contribution in [0.5, 0.6) is 11.5 Å². The van der Waals surface area contributed by atoms with Crippen LogP contribution >= 0.6 is 11.3 Å². The number of nitrogens with one attached hydrogen (secondary N) is 1. The van der Waals surface area contributed by atoms with E-state index >= 15 is 0 Å². The van der Waals surface area contributed by atoms with Crippen molar-refractivity contribution in [3.05, 3.63) is 47.3 Å². The van der Waals surface area contributed by atoms with Crippen molar-refractivity contribution >= 4 is 38.7 Å². The number of thiophene rings is 1. The van der Waals surface area contributed by atoms with Crippen LogP contribution in [-0.2, 0) is 11.2 Å². The van der Waals surface area contributed by atoms with E-state index < -0.39 is 0 Å². The number of anilines is 2. The molecule has 1 N–H and O–H groups in total. The molecule has 3 heterocycles. The van der Waals surface area contributed by atoms with Crippen LogP contribution in [0, 0.1) is 0 Å². The normalized spacial score (nSPS) is 16.5. The molecule has 0 aliphatic carbocycles. The summed E-state index contributed by atoms with van der Waals surface area (Å²) in [5.74, 6) is 1.91. The molecule has 0 radical (unpaired) electrons. The molecule has 5 rings (SSSR count). The van der Waals surface area contributed by atoms with Crippen LogP contribution in [0.25, 0.3) is 10.1 Å². The van der Waals surface area contributed by atoms with Crippen LogP contribution in [-0.4, -0.2) is 57.2 Å². The summed E-state index contributed by atoms with van der Waals surface area (Å²) in [6, 6.07) is 12.6. The Morgan fingerprint density at radius 3 is 2.79 bits per heavy atom. The maximum Gasteiger partial charge on any atom is 0.224 e. The minimum atomic E-state index is 0.0888. The summed E-state index contributed by atoms with van der Waals surface area (Å²) in [6.07, 6.45) is 3.52. The molecule has 1 aromatic heterocycles. The summed E-state index contributed by atoms with van der Waals surface area (Å²) in [5, 5.41) is 6.29. The number of hydrogen-bond donors (Lipinski definition) is 1. The van der Waals surface area contributed by atoms with Gasteiger partial charge in [0.2, 0.25) is 5.91 Å². The van der Waals surface area contributed by atoms with Gasteiger partial charge >= 0.3 is 0 Å². The number of carbonyl (C=O) groups is 1. The molecule has 33 heavy (non-hydrogen) atoms. The van der Waals surface area contributed by atoms with Crippen LogP contribution in [0.2, 0.25) is 0 Å². The number of rotatable bonds is 8. The van der Waals surface area contributed by atoms with E-state index in [9.17, 15) is 4.79 Å². The lowest BCUT2D eigenvalue weighted by atomic mass is 10.0. The van der Waals surface area contributed by atoms with Gasteiger partial charge in [0.1, 0.15) is 11.5 Å². The molecule has 174 valence electrons. The minimum Gasteiger partial charge on any atom is -0.495 e. The van der Waals surface area contributed by atoms with E-state index in [4.69, 9.17) is 9.47 Å². The zero-order valence-electron chi connectivity index (χ0n) is 19.1. The van der Waals surface area contributed by atoms with Gasteiger partial charge in [0.15, 0.2) is 0 Å². The highest BCUT2D eigenvalue weighted by atomic mass is 32.1. The van der Waals surface area contributed by atoms with Gasteiger partial charge in [-0.1, -0.05) is 12.1 Å². The Bertz CT molecular complexity index is 1120. The number of benzene rings is 2. The quantitative estimate of drug-likeness (QED) is 0.486. The highest BCUT2D eigenvalue weighted by Crippen LogP contribution is 2.39. The lowest BCUT2D eigenvalue weighted by Crippen LogP contribution is -2.46. The van der Waals surface area contributed by atoms with Gasteiger partial charge in [0, 0.05) is 60.1 Å². The van der Waals surface area contributed by atoms with Gasteiger partial charge < -0.3 is 19.7 Å². The number of hydrogen-bond acceptors (Lipinski definition) is 6. The highest BCUT2D eigenvalue weighted by Gasteiger charge is 2.20. The standard InChI is InChI=1S/C26H31N3O3S/c1-31-23-18-33-24-6-4-5-22(26(23)24)29-14-12-28(13-15-29)11-2-3-16-32-20-9-7-19-8-10-25(30)27-21(19)17-20/h4-7,9,17-18H,2-3,8,10-16H2,1H3,(H,27,30). The predicted molar refractivity (Wildman–Crippen MR) is 135 cm³/mol. The maximum absolute atomic E-state index is 11.6. The monoisotopic (exact) mass is 465 g/mol. The Balaban J connectivity index is 1.06. The van der Waals surface area contributed by atoms with Crippen LogP contribution in [0.15, 0.2) is 41.8 Å². The molecule has 1 fully saturated rings. The summed E-state index contributed by atoms with van der Waals surface area (Å²) in [5.41, 5.74) is 3.38. The van der Waals surface area contributed by atoms with E-state index in [1.54, 1.807) is 18.4 Å². The van der Waals surface area contributed by atoms with Crippen molar-refractivity contribution in [2.45, 2.75) is 25.7 Å². The van der Waals surface area contributed by atoms with Gasteiger partial charge in [-0.15, -0.1) is 11.3 Å². The number of aryl methyl sites for hydroxylation is 1. The van der Waals surface area contributed by atoms with Gasteiger partial charge in [-0.05, 0) is 49.6 Å². The number of fused-ring (bicyclic) bond motifs is 2. The van der Waals surface area contributed by atoms with E-state index in [-0.39, 0.29) is 5.91 Å². The Kier molecular flexibility index (Phi) is 6.69. The molecule has 2 aliphatic heterocycles. The molecule has 0 saturated carbocycles. The van der Waals surface area contributed by atoms with Crippen molar-refractivity contribution in [2.75, 3.05) is 56.7 Å². The lowest BCUT2D eigenvalue weighted by Gasteiger charge is -2.36. The molecule has 0 bridgehead atoms. The van der Waals surface area contributed by atoms with Gasteiger partial charge in [0.25, 0.3) is 0 Å². The topological polar surface area (TPSA) is 54.0 Å². The smallest absolute Gasteiger partial charge is 0.224 e. The molecule has 1 saturated heterocycles. The fraction of sp³-hybridized carbons (Fsp3) is 0.423. The summed E-state index contributed by atoms with van der Waals surface area (Å²) >= 11 is 1.75. The molecular formula is C26H31N3O3S. The molecule has 0 spiro atoms. The Morgan fingerprint density at radius 1 is 1.06 bits per heavy atom. The molecule has 6 nitrogen and oxygen atoms in total. The molecule has 2 aliphatic rings. The number of ether oxygens (including phenoxy) is 2. The first-order valence-electron chi connectivity index (χ1n) is 11.8. The number of piperazine rings is 1. The number of amides is 1. The van der Waals surface area contributed by atoms with Gasteiger partial charge in [-0.3, -0.25) is 9.69 Å². The van der Waals surface area contributed by atoms with Crippen LogP contribution in [0.3, 0.4) is 0 Å². The fourth-order valence-corrected chi connectivity index (χ4v) is 5.66. The third-order valence-electron chi connectivity index (χ3n) is 6.59. The average Bonchev–Trinajstić information content (AvgIpc) is 3.27. The first kappa shape index (κ1) is 22.0. The average molecular weight is 466 g/mol. The fourth-order valence-electron chi connectivity index (χ4n) is 4.74. The van der Waals surface area contributed by atoms with Gasteiger partial charge in [-0.25, -0.2) is 0 Å². The molecule has 2 aromatic carbocycles.